The zero-order valence-electron chi connectivity index (χ0n) is 24.9. The number of methoxy groups -OCH3 is 1. The number of amides is 2. The van der Waals surface area contributed by atoms with Crippen molar-refractivity contribution < 1.29 is 23.5 Å². The number of rotatable bonds is 10. The van der Waals surface area contributed by atoms with E-state index in [9.17, 15) is 14.0 Å². The molecule has 2 atom stereocenters. The second kappa shape index (κ2) is 11.4. The van der Waals surface area contributed by atoms with Crippen LogP contribution in [0.4, 0.5) is 10.1 Å². The molecule has 11 heteroatoms. The maximum absolute atomic E-state index is 14.3. The predicted octanol–water partition coefficient (Wildman–Crippen LogP) is 5.08. The van der Waals surface area contributed by atoms with Gasteiger partial charge < -0.3 is 26.3 Å². The van der Waals surface area contributed by atoms with E-state index in [0.29, 0.717) is 56.9 Å². The number of carbonyl (C=O) groups is 2. The van der Waals surface area contributed by atoms with Crippen molar-refractivity contribution in [2.45, 2.75) is 56.9 Å². The van der Waals surface area contributed by atoms with E-state index in [4.69, 9.17) is 37.5 Å². The topological polar surface area (TPSA) is 142 Å². The molecule has 0 saturated heterocycles. The first kappa shape index (κ1) is 29.9. The van der Waals surface area contributed by atoms with Crippen LogP contribution in [0, 0.1) is 18.7 Å². The van der Waals surface area contributed by atoms with E-state index in [0.717, 1.165) is 25.7 Å². The van der Waals surface area contributed by atoms with E-state index in [-0.39, 0.29) is 41.5 Å². The summed E-state index contributed by atoms with van der Waals surface area (Å²) in [7, 11) is 1.51. The molecule has 0 radical (unpaired) electrons. The Hall–Kier alpha value is -4.18. The number of nitrogens with one attached hydrogen (secondary N) is 1. The highest BCUT2D eigenvalue weighted by molar-refractivity contribution is 6.34. The highest BCUT2D eigenvalue weighted by atomic mass is 35.5. The maximum atomic E-state index is 14.3. The van der Waals surface area contributed by atoms with Crippen molar-refractivity contribution in [3.8, 4) is 22.8 Å². The summed E-state index contributed by atoms with van der Waals surface area (Å²) in [6, 6.07) is 8.39. The molecule has 3 aromatic rings. The fourth-order valence-electron chi connectivity index (χ4n) is 5.60. The molecule has 2 saturated carbocycles. The molecule has 44 heavy (non-hydrogen) atoms. The lowest BCUT2D eigenvalue weighted by atomic mass is 9.82. The number of primary amides is 1. The second-order valence-electron chi connectivity index (χ2n) is 12.1. The molecule has 9 nitrogen and oxygen atoms in total. The first-order chi connectivity index (χ1) is 21.0. The Morgan fingerprint density at radius 1 is 1.27 bits per heavy atom. The molecule has 0 bridgehead atoms. The van der Waals surface area contributed by atoms with Gasteiger partial charge in [0.2, 0.25) is 5.91 Å². The van der Waals surface area contributed by atoms with Gasteiger partial charge in [-0.15, -0.1) is 0 Å². The Kier molecular flexibility index (Phi) is 7.73. The third-order valence-electron chi connectivity index (χ3n) is 8.89. The van der Waals surface area contributed by atoms with Gasteiger partial charge in [-0.25, -0.2) is 9.37 Å². The van der Waals surface area contributed by atoms with Gasteiger partial charge >= 0.3 is 0 Å². The minimum atomic E-state index is -1.10. The van der Waals surface area contributed by atoms with E-state index in [1.165, 1.54) is 13.2 Å². The van der Waals surface area contributed by atoms with E-state index >= 15 is 0 Å². The summed E-state index contributed by atoms with van der Waals surface area (Å²) in [5.74, 6) is -0.369. The van der Waals surface area contributed by atoms with Crippen LogP contribution in [0.15, 0.2) is 35.3 Å². The summed E-state index contributed by atoms with van der Waals surface area (Å²) in [4.78, 5) is 35.6. The highest BCUT2D eigenvalue weighted by Gasteiger charge is 2.45. The molecule has 1 aliphatic heterocycles. The number of carbonyl (C=O) groups excluding carboxylic acids is 2. The minimum Gasteiger partial charge on any atom is -0.495 e. The molecule has 0 spiro atoms. The van der Waals surface area contributed by atoms with Gasteiger partial charge in [-0.2, -0.15) is 0 Å². The van der Waals surface area contributed by atoms with Crippen molar-refractivity contribution in [3.63, 3.8) is 0 Å². The summed E-state index contributed by atoms with van der Waals surface area (Å²) >= 11 is 6.62. The molecule has 2 heterocycles. The van der Waals surface area contributed by atoms with E-state index in [2.05, 4.69) is 10.3 Å². The Labute approximate surface area is 260 Å². The number of nitrogens with zero attached hydrogens (tertiary/aromatic N) is 2. The molecular formula is C33H35ClFN5O4. The van der Waals surface area contributed by atoms with Crippen LogP contribution in [0.3, 0.4) is 0 Å². The molecule has 1 aromatic heterocycles. The average Bonchev–Trinajstić information content (AvgIpc) is 3.95. The van der Waals surface area contributed by atoms with Crippen LogP contribution in [-0.2, 0) is 10.2 Å². The van der Waals surface area contributed by atoms with Gasteiger partial charge in [-0.3, -0.25) is 14.6 Å². The first-order valence-electron chi connectivity index (χ1n) is 14.7. The third-order valence-corrected chi connectivity index (χ3v) is 9.38. The molecule has 2 amide bonds. The Bertz CT molecular complexity index is 1700. The lowest BCUT2D eigenvalue weighted by Gasteiger charge is -2.23. The van der Waals surface area contributed by atoms with Crippen molar-refractivity contribution >= 4 is 35.3 Å². The number of hydrogen-bond donors (Lipinski definition) is 3. The fraction of sp³-hybridized carbons (Fsp3) is 0.394. The number of aliphatic imine (C=N–C) groups is 1. The molecule has 2 aliphatic carbocycles. The smallest absolute Gasteiger partial charge is 0.251 e. The lowest BCUT2D eigenvalue weighted by Crippen LogP contribution is -2.40. The standard InChI is InChI=1S/C33H35ClFN5O4/c1-16-24(35)9-8-21(27(16)34)29-30-23(33(2,15-44-30)32(37)42)12-25(40-29)22(17-4-5-17)14-39-31(41)18-10-19(13-38-20-6-7-20)28(36)26(11-18)43-3/h8-13,17,20,22H,4-7,14-15,36H2,1-3H3,(H2,37,42)(H,39,41)/t22-,33-/m0/s1. The van der Waals surface area contributed by atoms with E-state index < -0.39 is 17.1 Å². The zero-order chi connectivity index (χ0) is 31.3. The van der Waals surface area contributed by atoms with Gasteiger partial charge in [0.05, 0.1) is 23.9 Å². The van der Waals surface area contributed by atoms with Crippen LogP contribution in [0.5, 0.6) is 11.5 Å². The lowest BCUT2D eigenvalue weighted by molar-refractivity contribution is -0.123. The molecule has 230 valence electrons. The summed E-state index contributed by atoms with van der Waals surface area (Å²) in [6.07, 6.45) is 5.73. The SMILES string of the molecule is COc1cc(C(=O)NC[C@H](c2cc3c(c(-c4ccc(F)c(C)c4Cl)n2)OC[C@]3(C)C(N)=O)C2CC2)cc(C=NC2CC2)c1N. The molecule has 5 N–H and O–H groups in total. The van der Waals surface area contributed by atoms with Crippen LogP contribution in [0.25, 0.3) is 11.3 Å². The van der Waals surface area contributed by atoms with Crippen LogP contribution < -0.4 is 26.3 Å². The number of nitrogens with two attached hydrogens (primary N) is 2. The summed E-state index contributed by atoms with van der Waals surface area (Å²) in [5.41, 5.74) is 14.9. The van der Waals surface area contributed by atoms with Crippen LogP contribution >= 0.6 is 11.6 Å². The number of fused-ring (bicyclic) bond motifs is 1. The summed E-state index contributed by atoms with van der Waals surface area (Å²) < 4.78 is 25.8. The van der Waals surface area contributed by atoms with Gasteiger partial charge in [-0.05, 0) is 75.8 Å². The van der Waals surface area contributed by atoms with Crippen molar-refractivity contribution in [1.29, 1.82) is 0 Å². The number of ether oxygens (including phenoxy) is 2. The minimum absolute atomic E-state index is 0.0454. The molecule has 2 aromatic carbocycles. The number of nitrogen functional groups attached to an aromatic ring is 1. The van der Waals surface area contributed by atoms with Crippen molar-refractivity contribution in [2.75, 3.05) is 26.0 Å². The number of pyridine rings is 1. The summed E-state index contributed by atoms with van der Waals surface area (Å²) in [6.45, 7) is 3.66. The van der Waals surface area contributed by atoms with Crippen LogP contribution in [0.2, 0.25) is 5.02 Å². The highest BCUT2D eigenvalue weighted by Crippen LogP contribution is 2.49. The Morgan fingerprint density at radius 2 is 2.02 bits per heavy atom. The van der Waals surface area contributed by atoms with Gasteiger partial charge in [-0.1, -0.05) is 11.6 Å². The number of halogens is 2. The van der Waals surface area contributed by atoms with E-state index in [1.807, 2.05) is 6.07 Å². The number of anilines is 1. The third kappa shape index (κ3) is 5.47. The average molecular weight is 620 g/mol. The van der Waals surface area contributed by atoms with Gasteiger partial charge in [0.25, 0.3) is 5.91 Å². The van der Waals surface area contributed by atoms with E-state index in [1.54, 1.807) is 38.3 Å². The number of aromatic nitrogens is 1. The van der Waals surface area contributed by atoms with Crippen molar-refractivity contribution in [2.24, 2.45) is 16.6 Å². The number of benzene rings is 2. The van der Waals surface area contributed by atoms with Crippen molar-refractivity contribution in [1.82, 2.24) is 10.3 Å². The van der Waals surface area contributed by atoms with Crippen LogP contribution in [-0.4, -0.2) is 49.3 Å². The quantitative estimate of drug-likeness (QED) is 0.213. The molecule has 2 fully saturated rings. The fourth-order valence-corrected chi connectivity index (χ4v) is 5.85. The normalized spacial score (nSPS) is 19.8. The summed E-state index contributed by atoms with van der Waals surface area (Å²) in [5, 5.41) is 3.29. The van der Waals surface area contributed by atoms with Gasteiger partial charge in [0, 0.05) is 52.2 Å². The maximum Gasteiger partial charge on any atom is 0.251 e. The Morgan fingerprint density at radius 3 is 2.68 bits per heavy atom. The largest absolute Gasteiger partial charge is 0.495 e. The van der Waals surface area contributed by atoms with Gasteiger partial charge in [0.1, 0.15) is 35.0 Å². The molecular weight excluding hydrogens is 585 g/mol. The number of hydrogen-bond acceptors (Lipinski definition) is 7. The van der Waals surface area contributed by atoms with Crippen molar-refractivity contribution in [3.05, 3.63) is 69.1 Å². The first-order valence-corrected chi connectivity index (χ1v) is 15.1. The zero-order valence-corrected chi connectivity index (χ0v) is 25.6. The molecule has 3 aliphatic rings. The predicted molar refractivity (Wildman–Crippen MR) is 167 cm³/mol. The molecule has 0 unspecified atom stereocenters. The van der Waals surface area contributed by atoms with Crippen LogP contribution in [0.1, 0.15) is 71.3 Å². The van der Waals surface area contributed by atoms with Gasteiger partial charge in [0.15, 0.2) is 0 Å². The monoisotopic (exact) mass is 619 g/mol. The molecule has 6 rings (SSSR count). The Balaban J connectivity index is 1.35. The second-order valence-corrected chi connectivity index (χ2v) is 12.5.